The van der Waals surface area contributed by atoms with Crippen molar-refractivity contribution in [3.63, 3.8) is 0 Å². The molecule has 1 heterocycles. The zero-order valence-electron chi connectivity index (χ0n) is 11.4. The molecule has 1 saturated heterocycles. The summed E-state index contributed by atoms with van der Waals surface area (Å²) in [6.07, 6.45) is 2.55. The molecular weight excluding hydrogens is 272 g/mol. The van der Waals surface area contributed by atoms with Gasteiger partial charge in [-0.15, -0.1) is 11.6 Å². The van der Waals surface area contributed by atoms with Crippen LogP contribution in [0.15, 0.2) is 0 Å². The molecule has 0 aromatic rings. The topological polar surface area (TPSA) is 40.6 Å². The van der Waals surface area contributed by atoms with E-state index < -0.39 is 10.0 Å². The molecule has 0 N–H and O–H groups in total. The Morgan fingerprint density at radius 3 is 2.28 bits per heavy atom. The lowest BCUT2D eigenvalue weighted by atomic mass is 10.2. The number of nitrogens with zero attached hydrogens (tertiary/aromatic N) is 2. The van der Waals surface area contributed by atoms with Crippen LogP contribution in [-0.4, -0.2) is 61.5 Å². The highest BCUT2D eigenvalue weighted by molar-refractivity contribution is 7.89. The molecule has 1 fully saturated rings. The van der Waals surface area contributed by atoms with Gasteiger partial charge in [0.2, 0.25) is 10.0 Å². The average Bonchev–Trinajstić information content (AvgIpc) is 2.38. The van der Waals surface area contributed by atoms with Gasteiger partial charge in [0, 0.05) is 38.1 Å². The molecule has 0 saturated carbocycles. The monoisotopic (exact) mass is 296 g/mol. The molecule has 1 aliphatic heterocycles. The van der Waals surface area contributed by atoms with Crippen molar-refractivity contribution in [2.24, 2.45) is 0 Å². The van der Waals surface area contributed by atoms with Gasteiger partial charge in [0.15, 0.2) is 0 Å². The number of hydrogen-bond acceptors (Lipinski definition) is 3. The van der Waals surface area contributed by atoms with Crippen LogP contribution in [0.1, 0.15) is 33.1 Å². The summed E-state index contributed by atoms with van der Waals surface area (Å²) < 4.78 is 25.8. The van der Waals surface area contributed by atoms with Crippen molar-refractivity contribution >= 4 is 21.6 Å². The Hall–Kier alpha value is 0.160. The second-order valence-corrected chi connectivity index (χ2v) is 7.37. The molecule has 0 amide bonds. The van der Waals surface area contributed by atoms with Crippen LogP contribution in [0.2, 0.25) is 0 Å². The number of halogens is 1. The molecule has 18 heavy (non-hydrogen) atoms. The zero-order valence-corrected chi connectivity index (χ0v) is 13.0. The molecule has 1 atom stereocenters. The molecule has 1 aliphatic rings. The van der Waals surface area contributed by atoms with Gasteiger partial charge in [-0.2, -0.15) is 4.31 Å². The van der Waals surface area contributed by atoms with Crippen molar-refractivity contribution in [2.75, 3.05) is 37.8 Å². The fourth-order valence-electron chi connectivity index (χ4n) is 2.19. The summed E-state index contributed by atoms with van der Waals surface area (Å²) in [6.45, 7) is 7.33. The minimum absolute atomic E-state index is 0.239. The van der Waals surface area contributed by atoms with Gasteiger partial charge in [-0.25, -0.2) is 8.42 Å². The van der Waals surface area contributed by atoms with Crippen LogP contribution in [-0.2, 0) is 10.0 Å². The van der Waals surface area contributed by atoms with E-state index in [2.05, 4.69) is 18.7 Å². The standard InChI is InChI=1S/C12H25ClN2O2S/c1-3-12(2)14-7-9-15(10-8-14)18(16,17)11-5-4-6-13/h12H,3-11H2,1-2H3. The summed E-state index contributed by atoms with van der Waals surface area (Å²) in [6, 6.07) is 0.547. The fourth-order valence-corrected chi connectivity index (χ4v) is 3.92. The SMILES string of the molecule is CCC(C)N1CCN(S(=O)(=O)CCCCCl)CC1. The van der Waals surface area contributed by atoms with E-state index in [1.54, 1.807) is 4.31 Å². The smallest absolute Gasteiger partial charge is 0.214 e. The molecule has 108 valence electrons. The molecular formula is C12H25ClN2O2S. The van der Waals surface area contributed by atoms with Gasteiger partial charge in [0.25, 0.3) is 0 Å². The Labute approximate surface area is 116 Å². The van der Waals surface area contributed by atoms with Crippen molar-refractivity contribution in [3.8, 4) is 0 Å². The lowest BCUT2D eigenvalue weighted by molar-refractivity contribution is 0.142. The van der Waals surface area contributed by atoms with Gasteiger partial charge in [0.1, 0.15) is 0 Å². The highest BCUT2D eigenvalue weighted by Crippen LogP contribution is 2.13. The molecule has 0 radical (unpaired) electrons. The van der Waals surface area contributed by atoms with E-state index in [1.807, 2.05) is 0 Å². The number of hydrogen-bond donors (Lipinski definition) is 0. The third-order valence-corrected chi connectivity index (χ3v) is 5.89. The Morgan fingerprint density at radius 2 is 1.78 bits per heavy atom. The lowest BCUT2D eigenvalue weighted by Crippen LogP contribution is -2.51. The summed E-state index contributed by atoms with van der Waals surface area (Å²) in [5, 5.41) is 0. The number of piperazine rings is 1. The Kier molecular flexibility index (Phi) is 6.92. The highest BCUT2D eigenvalue weighted by Gasteiger charge is 2.27. The molecule has 0 aliphatic carbocycles. The van der Waals surface area contributed by atoms with Crippen LogP contribution in [0.25, 0.3) is 0 Å². The van der Waals surface area contributed by atoms with Gasteiger partial charge in [0.05, 0.1) is 5.75 Å². The minimum Gasteiger partial charge on any atom is -0.298 e. The van der Waals surface area contributed by atoms with Crippen LogP contribution >= 0.6 is 11.6 Å². The van der Waals surface area contributed by atoms with Crippen LogP contribution in [0, 0.1) is 0 Å². The second-order valence-electron chi connectivity index (χ2n) is 4.90. The molecule has 4 nitrogen and oxygen atoms in total. The molecule has 1 rings (SSSR count). The number of unbranched alkanes of at least 4 members (excludes halogenated alkanes) is 1. The third-order valence-electron chi connectivity index (χ3n) is 3.67. The summed E-state index contributed by atoms with van der Waals surface area (Å²) >= 11 is 5.57. The van der Waals surface area contributed by atoms with Gasteiger partial charge in [-0.3, -0.25) is 4.90 Å². The van der Waals surface area contributed by atoms with Crippen molar-refractivity contribution in [3.05, 3.63) is 0 Å². The normalized spacial score (nSPS) is 21.1. The van der Waals surface area contributed by atoms with Crippen molar-refractivity contribution in [1.29, 1.82) is 0 Å². The van der Waals surface area contributed by atoms with Crippen LogP contribution in [0.5, 0.6) is 0 Å². The number of sulfonamides is 1. The van der Waals surface area contributed by atoms with E-state index in [0.717, 1.165) is 25.9 Å². The molecule has 0 aromatic heterocycles. The highest BCUT2D eigenvalue weighted by atomic mass is 35.5. The molecule has 0 bridgehead atoms. The first-order chi connectivity index (χ1) is 8.51. The maximum Gasteiger partial charge on any atom is 0.214 e. The Morgan fingerprint density at radius 1 is 1.17 bits per heavy atom. The molecule has 0 spiro atoms. The maximum atomic E-state index is 12.1. The zero-order chi connectivity index (χ0) is 13.6. The van der Waals surface area contributed by atoms with E-state index in [9.17, 15) is 8.42 Å². The predicted molar refractivity (Wildman–Crippen MR) is 76.6 cm³/mol. The van der Waals surface area contributed by atoms with E-state index in [1.165, 1.54) is 0 Å². The Balaban J connectivity index is 2.41. The number of alkyl halides is 1. The largest absolute Gasteiger partial charge is 0.298 e. The first-order valence-corrected chi connectivity index (χ1v) is 8.93. The predicted octanol–water partition coefficient (Wildman–Crippen LogP) is 1.75. The quantitative estimate of drug-likeness (QED) is 0.531. The maximum absolute atomic E-state index is 12.1. The van der Waals surface area contributed by atoms with Gasteiger partial charge in [-0.05, 0) is 26.2 Å². The summed E-state index contributed by atoms with van der Waals surface area (Å²) in [4.78, 5) is 2.37. The van der Waals surface area contributed by atoms with E-state index in [4.69, 9.17) is 11.6 Å². The summed E-state index contributed by atoms with van der Waals surface area (Å²) in [5.41, 5.74) is 0. The molecule has 6 heteroatoms. The van der Waals surface area contributed by atoms with Gasteiger partial charge < -0.3 is 0 Å². The van der Waals surface area contributed by atoms with Crippen molar-refractivity contribution in [2.45, 2.75) is 39.2 Å². The first-order valence-electron chi connectivity index (χ1n) is 6.79. The van der Waals surface area contributed by atoms with Gasteiger partial charge in [-0.1, -0.05) is 6.92 Å². The first kappa shape index (κ1) is 16.2. The average molecular weight is 297 g/mol. The van der Waals surface area contributed by atoms with E-state index >= 15 is 0 Å². The van der Waals surface area contributed by atoms with E-state index in [0.29, 0.717) is 31.4 Å². The van der Waals surface area contributed by atoms with Crippen molar-refractivity contribution < 1.29 is 8.42 Å². The van der Waals surface area contributed by atoms with Crippen molar-refractivity contribution in [1.82, 2.24) is 9.21 Å². The van der Waals surface area contributed by atoms with Crippen LogP contribution in [0.3, 0.4) is 0 Å². The van der Waals surface area contributed by atoms with Crippen LogP contribution in [0.4, 0.5) is 0 Å². The van der Waals surface area contributed by atoms with Crippen LogP contribution < -0.4 is 0 Å². The Bertz CT molecular complexity index is 327. The summed E-state index contributed by atoms with van der Waals surface area (Å²) in [5.74, 6) is 0.778. The van der Waals surface area contributed by atoms with Gasteiger partial charge >= 0.3 is 0 Å². The lowest BCUT2D eigenvalue weighted by Gasteiger charge is -2.37. The number of rotatable bonds is 7. The summed E-state index contributed by atoms with van der Waals surface area (Å²) in [7, 11) is -3.06. The molecule has 0 aromatic carbocycles. The second kappa shape index (κ2) is 7.68. The fraction of sp³-hybridized carbons (Fsp3) is 1.00. The molecule has 1 unspecified atom stereocenters. The minimum atomic E-state index is -3.06. The third kappa shape index (κ3) is 4.68. The van der Waals surface area contributed by atoms with E-state index in [-0.39, 0.29) is 5.75 Å².